The van der Waals surface area contributed by atoms with Crippen LogP contribution < -0.4 is 10.9 Å². The Bertz CT molecular complexity index is 1070. The third kappa shape index (κ3) is 6.14. The van der Waals surface area contributed by atoms with Crippen LogP contribution in [0.2, 0.25) is 0 Å². The van der Waals surface area contributed by atoms with Crippen LogP contribution in [0.5, 0.6) is 0 Å². The van der Waals surface area contributed by atoms with E-state index in [4.69, 9.17) is 4.74 Å². The number of hydrogen-bond donors (Lipinski definition) is 1. The molecule has 0 saturated heterocycles. The molecule has 2 aromatic heterocycles. The van der Waals surface area contributed by atoms with Crippen LogP contribution in [0.3, 0.4) is 0 Å². The van der Waals surface area contributed by atoms with Crippen LogP contribution in [0.25, 0.3) is 0 Å². The Labute approximate surface area is 204 Å². The lowest BCUT2D eigenvalue weighted by Gasteiger charge is -2.26. The maximum atomic E-state index is 13.6. The molecule has 2 aliphatic rings. The van der Waals surface area contributed by atoms with Gasteiger partial charge in [-0.2, -0.15) is 0 Å². The normalized spacial score (nSPS) is 16.9. The molecule has 0 spiro atoms. The lowest BCUT2D eigenvalue weighted by molar-refractivity contribution is -0.142. The molecule has 1 fully saturated rings. The highest BCUT2D eigenvalue weighted by atomic mass is 32.1. The molecule has 0 atom stereocenters. The number of fused-ring (bicyclic) bond motifs is 1. The molecule has 1 saturated carbocycles. The van der Waals surface area contributed by atoms with Gasteiger partial charge in [-0.15, -0.1) is 11.3 Å². The first-order valence-electron chi connectivity index (χ1n) is 12.7. The number of anilines is 1. The third-order valence-electron chi connectivity index (χ3n) is 6.91. The van der Waals surface area contributed by atoms with E-state index in [1.54, 1.807) is 12.3 Å². The van der Waals surface area contributed by atoms with Crippen molar-refractivity contribution < 1.29 is 14.3 Å². The molecular weight excluding hydrogens is 450 g/mol. The second-order valence-corrected chi connectivity index (χ2v) is 10.3. The number of hydrogen-bond acceptors (Lipinski definition) is 6. The van der Waals surface area contributed by atoms with Gasteiger partial charge in [0.25, 0.3) is 11.5 Å². The molecule has 2 heterocycles. The Morgan fingerprint density at radius 3 is 2.62 bits per heavy atom. The minimum atomic E-state index is -0.427. The van der Waals surface area contributed by atoms with E-state index in [0.717, 1.165) is 49.8 Å². The van der Waals surface area contributed by atoms with Crippen molar-refractivity contribution in [1.82, 2.24) is 9.55 Å². The van der Waals surface area contributed by atoms with Crippen molar-refractivity contribution in [3.8, 4) is 0 Å². The molecule has 0 bridgehead atoms. The average molecular weight is 486 g/mol. The number of carbonyl (C=O) groups excluding carboxylic acids is 2. The van der Waals surface area contributed by atoms with E-state index in [-0.39, 0.29) is 23.5 Å². The van der Waals surface area contributed by atoms with Gasteiger partial charge in [0, 0.05) is 17.6 Å². The van der Waals surface area contributed by atoms with Gasteiger partial charge < -0.3 is 9.30 Å². The van der Waals surface area contributed by atoms with Crippen LogP contribution >= 0.6 is 11.3 Å². The summed E-state index contributed by atoms with van der Waals surface area (Å²) in [5.41, 5.74) is 2.83. The van der Waals surface area contributed by atoms with Gasteiger partial charge in [-0.05, 0) is 63.0 Å². The largest absolute Gasteiger partial charge is 0.466 e. The Balaban J connectivity index is 1.59. The second-order valence-electron chi connectivity index (χ2n) is 9.44. The molecule has 8 heteroatoms. The number of nitrogens with zero attached hydrogens (tertiary/aromatic N) is 2. The number of nitrogens with one attached hydrogen (secondary N) is 1. The first kappa shape index (κ1) is 24.6. The zero-order chi connectivity index (χ0) is 23.9. The number of ether oxygens (including phenoxy) is 1. The molecule has 0 unspecified atom stereocenters. The van der Waals surface area contributed by atoms with E-state index in [1.807, 2.05) is 10.6 Å². The number of thiazole rings is 1. The van der Waals surface area contributed by atoms with E-state index in [2.05, 4.69) is 10.3 Å². The molecule has 34 heavy (non-hydrogen) atoms. The highest BCUT2D eigenvalue weighted by Gasteiger charge is 2.23. The molecule has 2 aliphatic carbocycles. The molecule has 184 valence electrons. The molecular formula is C26H35N3O4S. The minimum absolute atomic E-state index is 0.0627. The first-order valence-corrected chi connectivity index (χ1v) is 13.6. The predicted molar refractivity (Wildman–Crippen MR) is 134 cm³/mol. The molecule has 1 N–H and O–H groups in total. The predicted octanol–water partition coefficient (Wildman–Crippen LogP) is 4.90. The van der Waals surface area contributed by atoms with Crippen molar-refractivity contribution in [3.05, 3.63) is 44.3 Å². The summed E-state index contributed by atoms with van der Waals surface area (Å²) >= 11 is 1.25. The highest BCUT2D eigenvalue weighted by molar-refractivity contribution is 7.14. The molecule has 1 amide bonds. The standard InChI is InChI=1S/C26H35N3O4S/c1-2-33-23(30)15-20-17-34-26(27-20)28-24(31)21-14-19-12-8-3-4-9-13-22(19)29(25(21)32)16-18-10-6-5-7-11-18/h14,17-18H,2-13,15-16H2,1H3,(H,27,28,31). The van der Waals surface area contributed by atoms with Crippen LogP contribution in [0, 0.1) is 5.92 Å². The van der Waals surface area contributed by atoms with E-state index in [0.29, 0.717) is 29.9 Å². The number of esters is 1. The lowest BCUT2D eigenvalue weighted by Crippen LogP contribution is -2.35. The molecule has 0 aliphatic heterocycles. The van der Waals surface area contributed by atoms with Gasteiger partial charge >= 0.3 is 5.97 Å². The monoisotopic (exact) mass is 485 g/mol. The van der Waals surface area contributed by atoms with Gasteiger partial charge in [0.15, 0.2) is 5.13 Å². The lowest BCUT2D eigenvalue weighted by atomic mass is 9.88. The smallest absolute Gasteiger partial charge is 0.311 e. The molecule has 2 aromatic rings. The topological polar surface area (TPSA) is 90.3 Å². The molecule has 4 rings (SSSR count). The summed E-state index contributed by atoms with van der Waals surface area (Å²) in [6.45, 7) is 2.79. The molecule has 0 aromatic carbocycles. The third-order valence-corrected chi connectivity index (χ3v) is 7.72. The summed E-state index contributed by atoms with van der Waals surface area (Å²) < 4.78 is 6.89. The number of pyridine rings is 1. The summed E-state index contributed by atoms with van der Waals surface area (Å²) in [5.74, 6) is -0.272. The van der Waals surface area contributed by atoms with E-state index < -0.39 is 5.91 Å². The zero-order valence-electron chi connectivity index (χ0n) is 20.1. The van der Waals surface area contributed by atoms with Crippen LogP contribution in [-0.4, -0.2) is 28.0 Å². The van der Waals surface area contributed by atoms with Crippen LogP contribution in [-0.2, 0) is 35.3 Å². The Hall–Kier alpha value is -2.48. The van der Waals surface area contributed by atoms with Gasteiger partial charge in [-0.1, -0.05) is 32.1 Å². The number of aromatic nitrogens is 2. The number of rotatable bonds is 7. The fourth-order valence-corrected chi connectivity index (χ4v) is 5.89. The molecule has 0 radical (unpaired) electrons. The van der Waals surface area contributed by atoms with Crippen molar-refractivity contribution in [1.29, 1.82) is 0 Å². The maximum absolute atomic E-state index is 13.6. The Morgan fingerprint density at radius 1 is 1.12 bits per heavy atom. The SMILES string of the molecule is CCOC(=O)Cc1csc(NC(=O)c2cc3c(n(CC4CCCCC4)c2=O)CCCCCC3)n1. The van der Waals surface area contributed by atoms with Crippen LogP contribution in [0.1, 0.15) is 92.0 Å². The first-order chi connectivity index (χ1) is 16.5. The fourth-order valence-electron chi connectivity index (χ4n) is 5.19. The average Bonchev–Trinajstić information content (AvgIpc) is 3.23. The van der Waals surface area contributed by atoms with Crippen molar-refractivity contribution in [2.75, 3.05) is 11.9 Å². The summed E-state index contributed by atoms with van der Waals surface area (Å²) in [4.78, 5) is 42.8. The van der Waals surface area contributed by atoms with Gasteiger partial charge in [0.05, 0.1) is 18.7 Å². The highest BCUT2D eigenvalue weighted by Crippen LogP contribution is 2.27. The van der Waals surface area contributed by atoms with Gasteiger partial charge in [-0.3, -0.25) is 19.7 Å². The second kappa shape index (κ2) is 11.8. The summed E-state index contributed by atoms with van der Waals surface area (Å²) in [6, 6.07) is 1.82. The van der Waals surface area contributed by atoms with Gasteiger partial charge in [0.1, 0.15) is 5.56 Å². The summed E-state index contributed by atoms with van der Waals surface area (Å²) in [5, 5.41) is 4.91. The van der Waals surface area contributed by atoms with Gasteiger partial charge in [0.2, 0.25) is 0 Å². The van der Waals surface area contributed by atoms with Crippen molar-refractivity contribution in [3.63, 3.8) is 0 Å². The van der Waals surface area contributed by atoms with Crippen molar-refractivity contribution in [2.24, 2.45) is 5.92 Å². The minimum Gasteiger partial charge on any atom is -0.466 e. The maximum Gasteiger partial charge on any atom is 0.311 e. The van der Waals surface area contributed by atoms with E-state index >= 15 is 0 Å². The van der Waals surface area contributed by atoms with Crippen molar-refractivity contribution in [2.45, 2.75) is 90.5 Å². The number of amides is 1. The number of aryl methyl sites for hydroxylation is 1. The zero-order valence-corrected chi connectivity index (χ0v) is 20.9. The fraction of sp³-hybridized carbons (Fsp3) is 0.615. The number of carbonyl (C=O) groups is 2. The van der Waals surface area contributed by atoms with Crippen molar-refractivity contribution >= 4 is 28.3 Å². The summed E-state index contributed by atoms with van der Waals surface area (Å²) in [6.07, 6.45) is 12.4. The van der Waals surface area contributed by atoms with Crippen LogP contribution in [0.4, 0.5) is 5.13 Å². The molecule has 7 nitrogen and oxygen atoms in total. The van der Waals surface area contributed by atoms with Gasteiger partial charge in [-0.25, -0.2) is 4.98 Å². The van der Waals surface area contributed by atoms with E-state index in [1.165, 1.54) is 43.4 Å². The quantitative estimate of drug-likeness (QED) is 0.563. The van der Waals surface area contributed by atoms with Crippen LogP contribution in [0.15, 0.2) is 16.2 Å². The summed E-state index contributed by atoms with van der Waals surface area (Å²) in [7, 11) is 0. The Kier molecular flexibility index (Phi) is 8.53. The Morgan fingerprint density at radius 2 is 1.85 bits per heavy atom. The van der Waals surface area contributed by atoms with E-state index in [9.17, 15) is 14.4 Å².